The Morgan fingerprint density at radius 3 is 2.30 bits per heavy atom. The van der Waals surface area contributed by atoms with Gasteiger partial charge in [0, 0.05) is 67.8 Å². The van der Waals surface area contributed by atoms with E-state index < -0.39 is 83.8 Å². The smallest absolute Gasteiger partial charge is 0.334 e. The maximum absolute atomic E-state index is 13.6. The molecule has 1 amide bonds. The number of ether oxygens (including phenoxy) is 4. The molecule has 13 nitrogen and oxygen atoms in total. The molecule has 0 radical (unpaired) electrons. The van der Waals surface area contributed by atoms with Crippen LogP contribution in [0.4, 0.5) is 0 Å². The summed E-state index contributed by atoms with van der Waals surface area (Å²) in [4.78, 5) is 51.0. The van der Waals surface area contributed by atoms with E-state index in [-0.39, 0.29) is 48.5 Å². The molecule has 318 valence electrons. The topological polar surface area (TPSA) is 198 Å². The van der Waals surface area contributed by atoms with Crippen molar-refractivity contribution in [3.05, 3.63) is 70.7 Å². The highest BCUT2D eigenvalue weighted by molar-refractivity contribution is 6.04. The number of ketones is 1. The quantitative estimate of drug-likeness (QED) is 0.138. The van der Waals surface area contributed by atoms with E-state index in [0.29, 0.717) is 12.0 Å². The fourth-order valence-electron chi connectivity index (χ4n) is 7.98. The molecule has 5 N–H and O–H groups in total. The zero-order valence-electron chi connectivity index (χ0n) is 35.4. The Hall–Kier alpha value is -3.88. The number of cyclic esters (lactones) is 1. The van der Waals surface area contributed by atoms with Gasteiger partial charge in [0.25, 0.3) is 0 Å². The predicted octanol–water partition coefficient (Wildman–Crippen LogP) is 5.46. The summed E-state index contributed by atoms with van der Waals surface area (Å²) in [6, 6.07) is 0. The number of rotatable bonds is 10. The molecule has 13 heteroatoms. The summed E-state index contributed by atoms with van der Waals surface area (Å²) in [5, 5.41) is 47.3. The van der Waals surface area contributed by atoms with Crippen molar-refractivity contribution in [1.82, 2.24) is 5.32 Å². The summed E-state index contributed by atoms with van der Waals surface area (Å²) < 4.78 is 24.1. The van der Waals surface area contributed by atoms with Gasteiger partial charge in [-0.15, -0.1) is 0 Å². The van der Waals surface area contributed by atoms with Crippen LogP contribution in [0, 0.1) is 35.5 Å². The van der Waals surface area contributed by atoms with Gasteiger partial charge in [0.15, 0.2) is 11.6 Å². The number of allylic oxidation sites excluding steroid dienone is 7. The van der Waals surface area contributed by atoms with E-state index in [2.05, 4.69) is 5.32 Å². The van der Waals surface area contributed by atoms with E-state index in [1.165, 1.54) is 7.11 Å². The first kappa shape index (κ1) is 47.5. The van der Waals surface area contributed by atoms with Crippen molar-refractivity contribution in [1.29, 1.82) is 0 Å². The zero-order valence-corrected chi connectivity index (χ0v) is 35.4. The number of aliphatic hydroxyl groups is 4. The van der Waals surface area contributed by atoms with Gasteiger partial charge in [-0.2, -0.15) is 0 Å². The van der Waals surface area contributed by atoms with E-state index >= 15 is 0 Å². The van der Waals surface area contributed by atoms with Crippen molar-refractivity contribution < 1.29 is 58.6 Å². The minimum Gasteiger partial charge on any atom is -0.510 e. The van der Waals surface area contributed by atoms with Crippen LogP contribution in [0.2, 0.25) is 0 Å². The van der Waals surface area contributed by atoms with Crippen molar-refractivity contribution in [3.8, 4) is 0 Å². The molecule has 0 bridgehead atoms. The minimum absolute atomic E-state index is 0.0277. The molecule has 3 aliphatic rings. The van der Waals surface area contributed by atoms with E-state index in [4.69, 9.17) is 18.9 Å². The zero-order chi connectivity index (χ0) is 42.9. The maximum Gasteiger partial charge on any atom is 0.334 e. The molecule has 0 spiro atoms. The lowest BCUT2D eigenvalue weighted by molar-refractivity contribution is -0.329. The van der Waals surface area contributed by atoms with Crippen LogP contribution >= 0.6 is 0 Å². The number of amides is 1. The highest BCUT2D eigenvalue weighted by Gasteiger charge is 2.53. The number of methoxy groups -OCH3 is 1. The number of nitrogens with one attached hydrogen (secondary N) is 1. The second-order valence-electron chi connectivity index (χ2n) is 16.7. The average Bonchev–Trinajstić information content (AvgIpc) is 3.46. The number of carbonyl (C=O) groups excluding carboxylic acids is 4. The third-order valence-corrected chi connectivity index (χ3v) is 11.5. The summed E-state index contributed by atoms with van der Waals surface area (Å²) in [7, 11) is 1.47. The van der Waals surface area contributed by atoms with Crippen LogP contribution in [0.1, 0.15) is 94.9 Å². The Bertz CT molecular complexity index is 1650. The Kier molecular flexibility index (Phi) is 17.2. The lowest BCUT2D eigenvalue weighted by atomic mass is 9.76. The van der Waals surface area contributed by atoms with Gasteiger partial charge in [-0.3, -0.25) is 9.59 Å². The molecule has 0 aromatic heterocycles. The molecule has 12 atom stereocenters. The van der Waals surface area contributed by atoms with Crippen molar-refractivity contribution >= 4 is 23.6 Å². The fraction of sp³-hybridized carbons (Fsp3) is 0.636. The fourth-order valence-corrected chi connectivity index (χ4v) is 7.98. The molecule has 2 aliphatic heterocycles. The van der Waals surface area contributed by atoms with Crippen LogP contribution in [0.5, 0.6) is 0 Å². The van der Waals surface area contributed by atoms with Crippen LogP contribution < -0.4 is 5.32 Å². The van der Waals surface area contributed by atoms with Gasteiger partial charge in [-0.25, -0.2) is 9.59 Å². The van der Waals surface area contributed by atoms with Gasteiger partial charge in [0.2, 0.25) is 5.91 Å². The van der Waals surface area contributed by atoms with Crippen molar-refractivity contribution in [2.45, 2.75) is 137 Å². The van der Waals surface area contributed by atoms with E-state index in [9.17, 15) is 39.6 Å². The number of Topliss-reactive ketones (excluding diaryl/α,β-unsaturated/α-hetero) is 1. The first-order valence-electron chi connectivity index (χ1n) is 20.0. The summed E-state index contributed by atoms with van der Waals surface area (Å²) in [6.45, 7) is 18.3. The first-order chi connectivity index (χ1) is 26.6. The van der Waals surface area contributed by atoms with Crippen LogP contribution in [0.15, 0.2) is 70.7 Å². The van der Waals surface area contributed by atoms with Gasteiger partial charge >= 0.3 is 11.9 Å². The standard InChI is InChI=1S/C44H65NO12/c1-23(2)41-29(8)35(55-37(49)18-17-36(48)45-38-32(46)15-16-33(38)47)22-44(53,57-41)31(10)40(51)30(9)42-34(54-11)14-12-13-24(3)19-26(5)39(50)27(6)20-25(4)21-28(7)43(52)56-42/h12-14,17-18,20-21,23,26-27,29-31,34-35,39-42,46,50-51,53H,15-16,19,22H2,1-11H3,(H,45,48)/b14-12+,18-17+,24-13+,25-20+,28-21+/t26-,27+,29-,30+,31+,34-,35-,39-,40-,41-,42+,44-/m0/s1. The maximum atomic E-state index is 13.6. The molecule has 57 heavy (non-hydrogen) atoms. The second-order valence-corrected chi connectivity index (χ2v) is 16.7. The van der Waals surface area contributed by atoms with Crippen LogP contribution in [0.25, 0.3) is 0 Å². The van der Waals surface area contributed by atoms with Gasteiger partial charge < -0.3 is 44.7 Å². The Balaban J connectivity index is 1.90. The number of esters is 2. The molecular weight excluding hydrogens is 734 g/mol. The molecule has 0 aromatic rings. The highest BCUT2D eigenvalue weighted by Crippen LogP contribution is 2.42. The highest BCUT2D eigenvalue weighted by atomic mass is 16.6. The molecule has 1 saturated heterocycles. The van der Waals surface area contributed by atoms with E-state index in [0.717, 1.165) is 23.3 Å². The molecule has 2 heterocycles. The monoisotopic (exact) mass is 799 g/mol. The van der Waals surface area contributed by atoms with Crippen LogP contribution in [0.3, 0.4) is 0 Å². The van der Waals surface area contributed by atoms with E-state index in [1.807, 2.05) is 60.6 Å². The van der Waals surface area contributed by atoms with Crippen molar-refractivity contribution in [3.63, 3.8) is 0 Å². The second kappa shape index (κ2) is 20.7. The molecule has 3 rings (SSSR count). The summed E-state index contributed by atoms with van der Waals surface area (Å²) in [6.07, 6.45) is 6.23. The number of aliphatic hydroxyl groups excluding tert-OH is 3. The largest absolute Gasteiger partial charge is 0.510 e. The third-order valence-electron chi connectivity index (χ3n) is 11.5. The van der Waals surface area contributed by atoms with E-state index in [1.54, 1.807) is 39.0 Å². The third kappa shape index (κ3) is 12.6. The van der Waals surface area contributed by atoms with Crippen molar-refractivity contribution in [2.24, 2.45) is 35.5 Å². The summed E-state index contributed by atoms with van der Waals surface area (Å²) in [5.74, 6) is -7.52. The predicted molar refractivity (Wildman–Crippen MR) is 214 cm³/mol. The normalized spacial score (nSPS) is 35.9. The molecule has 0 unspecified atom stereocenters. The van der Waals surface area contributed by atoms with Gasteiger partial charge in [-0.1, -0.05) is 83.9 Å². The van der Waals surface area contributed by atoms with Crippen molar-refractivity contribution in [2.75, 3.05) is 7.11 Å². The first-order valence-corrected chi connectivity index (χ1v) is 20.0. The molecular formula is C44H65NO12. The lowest BCUT2D eigenvalue weighted by Gasteiger charge is -2.50. The van der Waals surface area contributed by atoms with Crippen LogP contribution in [-0.4, -0.2) is 93.6 Å². The van der Waals surface area contributed by atoms with Gasteiger partial charge in [-0.05, 0) is 45.1 Å². The van der Waals surface area contributed by atoms with Gasteiger partial charge in [0.05, 0.1) is 18.3 Å². The minimum atomic E-state index is -2.01. The number of hydrogen-bond acceptors (Lipinski definition) is 12. The Labute approximate surface area is 337 Å². The Morgan fingerprint density at radius 1 is 1.04 bits per heavy atom. The summed E-state index contributed by atoms with van der Waals surface area (Å²) >= 11 is 0. The Morgan fingerprint density at radius 2 is 1.70 bits per heavy atom. The molecule has 1 aliphatic carbocycles. The molecule has 1 fully saturated rings. The van der Waals surface area contributed by atoms with Crippen LogP contribution in [-0.2, 0) is 38.1 Å². The molecule has 0 aromatic carbocycles. The number of hydrogen-bond donors (Lipinski definition) is 5. The average molecular weight is 800 g/mol. The summed E-state index contributed by atoms with van der Waals surface area (Å²) in [5.41, 5.74) is 1.91. The number of carbonyl (C=O) groups is 4. The molecule has 0 saturated carbocycles. The SMILES string of the molecule is CO[C@H]1/C=C/C=C(\C)C[C@H](C)[C@H](O)[C@H](C)/C=C(C)/C=C(\C)C(=O)O[C@@H]1[C@H](C)[C@H](O)[C@@H](C)[C@]1(O)C[C@H](OC(=O)/C=C/C(=O)NC2=C(O)CCC2=O)[C@H](C)[C@H](C(C)C)O1. The lowest BCUT2D eigenvalue weighted by Crippen LogP contribution is -2.59. The van der Waals surface area contributed by atoms with Gasteiger partial charge in [0.1, 0.15) is 29.8 Å².